The van der Waals surface area contributed by atoms with Crippen molar-refractivity contribution in [2.45, 2.75) is 12.5 Å². The van der Waals surface area contributed by atoms with Gasteiger partial charge in [0.25, 0.3) is 0 Å². The highest BCUT2D eigenvalue weighted by molar-refractivity contribution is 5.73. The lowest BCUT2D eigenvalue weighted by molar-refractivity contribution is -0.138. The topological polar surface area (TPSA) is 85.4 Å². The number of nitrogens with zero attached hydrogens (tertiary/aromatic N) is 1. The molecule has 1 aromatic carbocycles. The van der Waals surface area contributed by atoms with Gasteiger partial charge in [-0.3, -0.25) is 9.78 Å². The second kappa shape index (κ2) is 5.97. The fourth-order valence-electron chi connectivity index (χ4n) is 1.58. The van der Waals surface area contributed by atoms with Gasteiger partial charge in [-0.2, -0.15) is 0 Å². The lowest BCUT2D eigenvalue weighted by atomic mass is 10.1. The molecule has 3 N–H and O–H groups in total. The van der Waals surface area contributed by atoms with Crippen LogP contribution >= 0.6 is 0 Å². The molecule has 1 heterocycles. The minimum Gasteiger partial charge on any atom is -0.480 e. The highest BCUT2D eigenvalue weighted by atomic mass is 16.5. The number of nitrogens with two attached hydrogens (primary N) is 1. The largest absolute Gasteiger partial charge is 0.480 e. The Bertz CT molecular complexity index is 540. The van der Waals surface area contributed by atoms with Crippen molar-refractivity contribution in [3.05, 3.63) is 54.4 Å². The number of ether oxygens (including phenoxy) is 1. The predicted molar refractivity (Wildman–Crippen MR) is 70.1 cm³/mol. The van der Waals surface area contributed by atoms with Gasteiger partial charge >= 0.3 is 5.97 Å². The van der Waals surface area contributed by atoms with E-state index >= 15 is 0 Å². The maximum Gasteiger partial charge on any atom is 0.320 e. The van der Waals surface area contributed by atoms with Crippen molar-refractivity contribution in [3.63, 3.8) is 0 Å². The first-order chi connectivity index (χ1) is 9.15. The molecule has 5 heteroatoms. The van der Waals surface area contributed by atoms with Crippen molar-refractivity contribution in [1.29, 1.82) is 0 Å². The first-order valence-corrected chi connectivity index (χ1v) is 5.80. The zero-order chi connectivity index (χ0) is 13.7. The summed E-state index contributed by atoms with van der Waals surface area (Å²) in [6.45, 7) is 0. The molecule has 19 heavy (non-hydrogen) atoms. The Kier molecular flexibility index (Phi) is 4.10. The maximum absolute atomic E-state index is 10.7. The lowest BCUT2D eigenvalue weighted by Crippen LogP contribution is -2.32. The van der Waals surface area contributed by atoms with E-state index in [-0.39, 0.29) is 0 Å². The van der Waals surface area contributed by atoms with E-state index in [0.717, 1.165) is 5.56 Å². The summed E-state index contributed by atoms with van der Waals surface area (Å²) < 4.78 is 5.58. The van der Waals surface area contributed by atoms with Crippen LogP contribution in [0.3, 0.4) is 0 Å². The van der Waals surface area contributed by atoms with E-state index in [4.69, 9.17) is 15.6 Å². The third-order valence-electron chi connectivity index (χ3n) is 2.57. The van der Waals surface area contributed by atoms with Crippen LogP contribution in [-0.2, 0) is 11.2 Å². The molecule has 0 saturated carbocycles. The molecule has 2 rings (SSSR count). The summed E-state index contributed by atoms with van der Waals surface area (Å²) in [5.41, 5.74) is 6.33. The molecule has 0 amide bonds. The number of benzene rings is 1. The summed E-state index contributed by atoms with van der Waals surface area (Å²) in [6, 6.07) is 9.86. The average Bonchev–Trinajstić information content (AvgIpc) is 2.42. The van der Waals surface area contributed by atoms with Crippen LogP contribution in [0.15, 0.2) is 48.8 Å². The summed E-state index contributed by atoms with van der Waals surface area (Å²) in [5.74, 6) is 0.314. The SMILES string of the molecule is NC(Cc1ccc(Oc2cccnc2)cc1)C(=O)O. The average molecular weight is 258 g/mol. The van der Waals surface area contributed by atoms with Gasteiger partial charge in [0.05, 0.1) is 6.20 Å². The number of carbonyl (C=O) groups is 1. The number of aromatic nitrogens is 1. The molecule has 1 unspecified atom stereocenters. The van der Waals surface area contributed by atoms with Gasteiger partial charge < -0.3 is 15.6 Å². The van der Waals surface area contributed by atoms with Crippen LogP contribution in [0.5, 0.6) is 11.5 Å². The Morgan fingerprint density at radius 2 is 2.00 bits per heavy atom. The van der Waals surface area contributed by atoms with Gasteiger partial charge in [-0.05, 0) is 36.2 Å². The van der Waals surface area contributed by atoms with Crippen LogP contribution in [0.25, 0.3) is 0 Å². The fraction of sp³-hybridized carbons (Fsp3) is 0.143. The normalized spacial score (nSPS) is 11.8. The van der Waals surface area contributed by atoms with E-state index in [1.54, 1.807) is 48.8 Å². The van der Waals surface area contributed by atoms with Crippen LogP contribution in [0, 0.1) is 0 Å². The Labute approximate surface area is 110 Å². The molecular formula is C14H14N2O3. The van der Waals surface area contributed by atoms with Gasteiger partial charge in [0, 0.05) is 6.20 Å². The number of carboxylic acid groups (broad SMARTS) is 1. The number of aliphatic carboxylic acids is 1. The lowest BCUT2D eigenvalue weighted by Gasteiger charge is -2.08. The van der Waals surface area contributed by atoms with E-state index in [1.807, 2.05) is 0 Å². The zero-order valence-electron chi connectivity index (χ0n) is 10.2. The Morgan fingerprint density at radius 3 is 2.58 bits per heavy atom. The molecule has 0 aliphatic rings. The van der Waals surface area contributed by atoms with Gasteiger partial charge in [0.15, 0.2) is 0 Å². The van der Waals surface area contributed by atoms with Crippen LogP contribution in [0.1, 0.15) is 5.56 Å². The molecule has 1 atom stereocenters. The second-order valence-corrected chi connectivity index (χ2v) is 4.08. The number of hydrogen-bond donors (Lipinski definition) is 2. The van der Waals surface area contributed by atoms with Crippen molar-refractivity contribution in [2.75, 3.05) is 0 Å². The van der Waals surface area contributed by atoms with Gasteiger partial charge in [0.1, 0.15) is 17.5 Å². The van der Waals surface area contributed by atoms with E-state index in [9.17, 15) is 4.79 Å². The van der Waals surface area contributed by atoms with Crippen LogP contribution in [0.2, 0.25) is 0 Å². The van der Waals surface area contributed by atoms with Crippen LogP contribution in [-0.4, -0.2) is 22.1 Å². The fourth-order valence-corrected chi connectivity index (χ4v) is 1.58. The zero-order valence-corrected chi connectivity index (χ0v) is 10.2. The molecule has 0 aliphatic carbocycles. The van der Waals surface area contributed by atoms with Crippen molar-refractivity contribution < 1.29 is 14.6 Å². The van der Waals surface area contributed by atoms with Crippen molar-refractivity contribution in [3.8, 4) is 11.5 Å². The molecule has 0 saturated heterocycles. The molecule has 0 bridgehead atoms. The smallest absolute Gasteiger partial charge is 0.320 e. The molecule has 0 spiro atoms. The molecule has 2 aromatic rings. The van der Waals surface area contributed by atoms with E-state index in [0.29, 0.717) is 17.9 Å². The summed E-state index contributed by atoms with van der Waals surface area (Å²) >= 11 is 0. The first-order valence-electron chi connectivity index (χ1n) is 5.80. The second-order valence-electron chi connectivity index (χ2n) is 4.08. The molecule has 5 nitrogen and oxygen atoms in total. The standard InChI is InChI=1S/C14H14N2O3/c15-13(14(17)18)8-10-3-5-11(6-4-10)19-12-2-1-7-16-9-12/h1-7,9,13H,8,15H2,(H,17,18). The van der Waals surface area contributed by atoms with Crippen molar-refractivity contribution in [2.24, 2.45) is 5.73 Å². The Hall–Kier alpha value is -2.40. The van der Waals surface area contributed by atoms with E-state index in [2.05, 4.69) is 4.98 Å². The maximum atomic E-state index is 10.7. The molecule has 0 aliphatic heterocycles. The summed E-state index contributed by atoms with van der Waals surface area (Å²) in [7, 11) is 0. The quantitative estimate of drug-likeness (QED) is 0.854. The minimum absolute atomic E-state index is 0.294. The number of rotatable bonds is 5. The number of pyridine rings is 1. The van der Waals surface area contributed by atoms with E-state index < -0.39 is 12.0 Å². The molecular weight excluding hydrogens is 244 g/mol. The number of carboxylic acids is 1. The summed E-state index contributed by atoms with van der Waals surface area (Å²) in [4.78, 5) is 14.6. The highest BCUT2D eigenvalue weighted by Crippen LogP contribution is 2.20. The van der Waals surface area contributed by atoms with Gasteiger partial charge in [0.2, 0.25) is 0 Å². The van der Waals surface area contributed by atoms with Crippen molar-refractivity contribution in [1.82, 2.24) is 4.98 Å². The molecule has 98 valence electrons. The Balaban J connectivity index is 2.01. The summed E-state index contributed by atoms with van der Waals surface area (Å²) in [6.07, 6.45) is 3.58. The molecule has 1 aromatic heterocycles. The monoisotopic (exact) mass is 258 g/mol. The van der Waals surface area contributed by atoms with Crippen LogP contribution in [0.4, 0.5) is 0 Å². The van der Waals surface area contributed by atoms with Gasteiger partial charge in [-0.25, -0.2) is 0 Å². The minimum atomic E-state index is -1.00. The van der Waals surface area contributed by atoms with Gasteiger partial charge in [-0.15, -0.1) is 0 Å². The summed E-state index contributed by atoms with van der Waals surface area (Å²) in [5, 5.41) is 8.74. The van der Waals surface area contributed by atoms with E-state index in [1.165, 1.54) is 0 Å². The third-order valence-corrected chi connectivity index (χ3v) is 2.57. The third kappa shape index (κ3) is 3.79. The van der Waals surface area contributed by atoms with Crippen LogP contribution < -0.4 is 10.5 Å². The first kappa shape index (κ1) is 13.0. The highest BCUT2D eigenvalue weighted by Gasteiger charge is 2.11. The molecule has 0 radical (unpaired) electrons. The number of hydrogen-bond acceptors (Lipinski definition) is 4. The van der Waals surface area contributed by atoms with Gasteiger partial charge in [-0.1, -0.05) is 12.1 Å². The molecule has 0 fully saturated rings. The van der Waals surface area contributed by atoms with Crippen molar-refractivity contribution >= 4 is 5.97 Å². The predicted octanol–water partition coefficient (Wildman–Crippen LogP) is 1.83. The Morgan fingerprint density at radius 1 is 1.26 bits per heavy atom.